The molecule has 82 valence electrons. The van der Waals surface area contributed by atoms with Gasteiger partial charge in [-0.15, -0.1) is 0 Å². The van der Waals surface area contributed by atoms with Crippen molar-refractivity contribution in [3.05, 3.63) is 29.8 Å². The molecule has 0 aliphatic carbocycles. The molecule has 0 aromatic heterocycles. The first-order valence-electron chi connectivity index (χ1n) is 4.83. The maximum atomic E-state index is 8.37. The average Bonchev–Trinajstić information content (AvgIpc) is 2.26. The second-order valence-corrected chi connectivity index (χ2v) is 3.57. The van der Waals surface area contributed by atoms with Gasteiger partial charge in [-0.2, -0.15) is 0 Å². The zero-order valence-corrected chi connectivity index (χ0v) is 8.97. The Labute approximate surface area is 89.4 Å². The minimum atomic E-state index is 0.0635. The van der Waals surface area contributed by atoms with E-state index in [2.05, 4.69) is 19.0 Å². The van der Waals surface area contributed by atoms with Gasteiger partial charge in [-0.3, -0.25) is 0 Å². The highest BCUT2D eigenvalue weighted by atomic mass is 16.5. The molecule has 0 unspecified atom stereocenters. The standard InChI is InChI=1S/C11H16N2O2/c1-8(2)9-5-3-4-6-10(9)15-7-11(12)13-14/h3-6,8,14H,7H2,1-2H3,(H2,12,13). The van der Waals surface area contributed by atoms with E-state index in [1.807, 2.05) is 24.3 Å². The van der Waals surface area contributed by atoms with Crippen molar-refractivity contribution >= 4 is 5.84 Å². The van der Waals surface area contributed by atoms with Crippen LogP contribution in [0.25, 0.3) is 0 Å². The van der Waals surface area contributed by atoms with Crippen molar-refractivity contribution in [3.8, 4) is 5.75 Å². The number of benzene rings is 1. The highest BCUT2D eigenvalue weighted by Crippen LogP contribution is 2.25. The number of hydrogen-bond donors (Lipinski definition) is 2. The molecule has 0 amide bonds. The molecule has 0 atom stereocenters. The van der Waals surface area contributed by atoms with Crippen LogP contribution in [0.3, 0.4) is 0 Å². The summed E-state index contributed by atoms with van der Waals surface area (Å²) in [6.45, 7) is 4.28. The van der Waals surface area contributed by atoms with Crippen LogP contribution in [-0.2, 0) is 0 Å². The average molecular weight is 208 g/mol. The van der Waals surface area contributed by atoms with Crippen LogP contribution in [0.2, 0.25) is 0 Å². The minimum Gasteiger partial charge on any atom is -0.485 e. The molecule has 0 saturated carbocycles. The number of oxime groups is 1. The van der Waals surface area contributed by atoms with Gasteiger partial charge in [-0.05, 0) is 17.5 Å². The lowest BCUT2D eigenvalue weighted by molar-refractivity contribution is 0.305. The fraction of sp³-hybridized carbons (Fsp3) is 0.364. The Morgan fingerprint density at radius 1 is 1.47 bits per heavy atom. The predicted octanol–water partition coefficient (Wildman–Crippen LogP) is 1.94. The lowest BCUT2D eigenvalue weighted by Gasteiger charge is -2.12. The summed E-state index contributed by atoms with van der Waals surface area (Å²) in [6.07, 6.45) is 0. The van der Waals surface area contributed by atoms with E-state index >= 15 is 0 Å². The summed E-state index contributed by atoms with van der Waals surface area (Å²) in [6, 6.07) is 7.74. The molecule has 1 aromatic carbocycles. The van der Waals surface area contributed by atoms with Gasteiger partial charge < -0.3 is 15.7 Å². The Morgan fingerprint density at radius 3 is 2.73 bits per heavy atom. The van der Waals surface area contributed by atoms with Gasteiger partial charge in [0.25, 0.3) is 0 Å². The van der Waals surface area contributed by atoms with Gasteiger partial charge in [-0.25, -0.2) is 0 Å². The van der Waals surface area contributed by atoms with Crippen molar-refractivity contribution < 1.29 is 9.94 Å². The van der Waals surface area contributed by atoms with E-state index in [0.29, 0.717) is 5.92 Å². The second kappa shape index (κ2) is 5.24. The first-order valence-corrected chi connectivity index (χ1v) is 4.83. The van der Waals surface area contributed by atoms with Crippen LogP contribution < -0.4 is 10.5 Å². The van der Waals surface area contributed by atoms with E-state index in [-0.39, 0.29) is 12.4 Å². The van der Waals surface area contributed by atoms with Gasteiger partial charge in [0.1, 0.15) is 12.4 Å². The second-order valence-electron chi connectivity index (χ2n) is 3.57. The molecule has 0 radical (unpaired) electrons. The monoisotopic (exact) mass is 208 g/mol. The number of nitrogens with two attached hydrogens (primary N) is 1. The van der Waals surface area contributed by atoms with Gasteiger partial charge in [0.05, 0.1) is 0 Å². The summed E-state index contributed by atoms with van der Waals surface area (Å²) in [4.78, 5) is 0. The van der Waals surface area contributed by atoms with Gasteiger partial charge in [0.2, 0.25) is 0 Å². The minimum absolute atomic E-state index is 0.0635. The molecule has 15 heavy (non-hydrogen) atoms. The van der Waals surface area contributed by atoms with Crippen molar-refractivity contribution in [2.75, 3.05) is 6.61 Å². The Hall–Kier alpha value is -1.71. The highest BCUT2D eigenvalue weighted by Gasteiger charge is 2.06. The Bertz CT molecular complexity index is 348. The van der Waals surface area contributed by atoms with Crippen LogP contribution in [0.1, 0.15) is 25.3 Å². The number of rotatable bonds is 4. The van der Waals surface area contributed by atoms with Crippen LogP contribution in [0.5, 0.6) is 5.75 Å². The third kappa shape index (κ3) is 3.16. The number of ether oxygens (including phenoxy) is 1. The molecule has 1 aromatic rings. The summed E-state index contributed by atoms with van der Waals surface area (Å²) in [7, 11) is 0. The molecule has 1 rings (SSSR count). The SMILES string of the molecule is CC(C)c1ccccc1OC/C(N)=N/O. The Morgan fingerprint density at radius 2 is 2.13 bits per heavy atom. The molecule has 0 fully saturated rings. The Kier molecular flexibility index (Phi) is 3.97. The summed E-state index contributed by atoms with van der Waals surface area (Å²) in [5.41, 5.74) is 6.44. The van der Waals surface area contributed by atoms with E-state index in [1.54, 1.807) is 0 Å². The van der Waals surface area contributed by atoms with Gasteiger partial charge in [0, 0.05) is 0 Å². The van der Waals surface area contributed by atoms with Crippen LogP contribution in [0, 0.1) is 0 Å². The zero-order chi connectivity index (χ0) is 11.3. The first kappa shape index (κ1) is 11.4. The van der Waals surface area contributed by atoms with Gasteiger partial charge in [-0.1, -0.05) is 37.2 Å². The molecule has 4 heteroatoms. The number of hydrogen-bond acceptors (Lipinski definition) is 3. The van der Waals surface area contributed by atoms with E-state index in [1.165, 1.54) is 0 Å². The largest absolute Gasteiger partial charge is 0.485 e. The number of para-hydroxylation sites is 1. The Balaban J connectivity index is 2.76. The molecule has 3 N–H and O–H groups in total. The van der Waals surface area contributed by atoms with Crippen LogP contribution in [0.4, 0.5) is 0 Å². The van der Waals surface area contributed by atoms with Crippen LogP contribution >= 0.6 is 0 Å². The fourth-order valence-electron chi connectivity index (χ4n) is 1.27. The van der Waals surface area contributed by atoms with Crippen LogP contribution in [-0.4, -0.2) is 17.6 Å². The quantitative estimate of drug-likeness (QED) is 0.344. The van der Waals surface area contributed by atoms with E-state index < -0.39 is 0 Å². The molecule has 0 aliphatic rings. The van der Waals surface area contributed by atoms with E-state index in [4.69, 9.17) is 15.7 Å². The molecule has 0 bridgehead atoms. The molecule has 0 spiro atoms. The molecular weight excluding hydrogens is 192 g/mol. The summed E-state index contributed by atoms with van der Waals surface area (Å²) in [5, 5.41) is 11.2. The third-order valence-corrected chi connectivity index (χ3v) is 2.05. The lowest BCUT2D eigenvalue weighted by Crippen LogP contribution is -2.21. The van der Waals surface area contributed by atoms with Gasteiger partial charge in [0.15, 0.2) is 5.84 Å². The third-order valence-electron chi connectivity index (χ3n) is 2.05. The van der Waals surface area contributed by atoms with Crippen molar-refractivity contribution in [2.45, 2.75) is 19.8 Å². The van der Waals surface area contributed by atoms with Crippen molar-refractivity contribution in [1.29, 1.82) is 0 Å². The molecular formula is C11H16N2O2. The number of nitrogens with zero attached hydrogens (tertiary/aromatic N) is 1. The van der Waals surface area contributed by atoms with E-state index in [9.17, 15) is 0 Å². The zero-order valence-electron chi connectivity index (χ0n) is 8.97. The maximum Gasteiger partial charge on any atom is 0.177 e. The van der Waals surface area contributed by atoms with Gasteiger partial charge >= 0.3 is 0 Å². The fourth-order valence-corrected chi connectivity index (χ4v) is 1.27. The van der Waals surface area contributed by atoms with Crippen LogP contribution in [0.15, 0.2) is 29.4 Å². The van der Waals surface area contributed by atoms with Crippen molar-refractivity contribution in [2.24, 2.45) is 10.9 Å². The molecule has 0 aliphatic heterocycles. The van der Waals surface area contributed by atoms with Crippen molar-refractivity contribution in [1.82, 2.24) is 0 Å². The summed E-state index contributed by atoms with van der Waals surface area (Å²) in [5.74, 6) is 1.22. The molecule has 0 heterocycles. The topological polar surface area (TPSA) is 67.8 Å². The summed E-state index contributed by atoms with van der Waals surface area (Å²) >= 11 is 0. The lowest BCUT2D eigenvalue weighted by atomic mass is 10.0. The molecule has 4 nitrogen and oxygen atoms in total. The smallest absolute Gasteiger partial charge is 0.177 e. The first-order chi connectivity index (χ1) is 7.15. The molecule has 0 saturated heterocycles. The number of amidine groups is 1. The van der Waals surface area contributed by atoms with E-state index in [0.717, 1.165) is 11.3 Å². The highest BCUT2D eigenvalue weighted by molar-refractivity contribution is 5.81. The predicted molar refractivity (Wildman–Crippen MR) is 59.4 cm³/mol. The summed E-state index contributed by atoms with van der Waals surface area (Å²) < 4.78 is 5.44. The normalized spacial score (nSPS) is 11.8. The maximum absolute atomic E-state index is 8.37. The van der Waals surface area contributed by atoms with Crippen molar-refractivity contribution in [3.63, 3.8) is 0 Å².